The van der Waals surface area contributed by atoms with Crippen LogP contribution >= 0.6 is 0 Å². The average molecular weight is 383 g/mol. The van der Waals surface area contributed by atoms with E-state index >= 15 is 0 Å². The quantitative estimate of drug-likeness (QED) is 0.744. The summed E-state index contributed by atoms with van der Waals surface area (Å²) in [5.41, 5.74) is -1.41. The fourth-order valence-electron chi connectivity index (χ4n) is 3.13. The second kappa shape index (κ2) is 7.39. The van der Waals surface area contributed by atoms with Gasteiger partial charge in [0.15, 0.2) is 0 Å². The van der Waals surface area contributed by atoms with Gasteiger partial charge in [0, 0.05) is 6.54 Å². The number of benzene rings is 1. The summed E-state index contributed by atoms with van der Waals surface area (Å²) in [6.45, 7) is 0.0628. The van der Waals surface area contributed by atoms with Crippen LogP contribution in [0.2, 0.25) is 0 Å². The van der Waals surface area contributed by atoms with E-state index in [1.807, 2.05) is 5.10 Å². The van der Waals surface area contributed by atoms with Gasteiger partial charge in [0.1, 0.15) is 5.56 Å². The van der Waals surface area contributed by atoms with Gasteiger partial charge in [-0.1, -0.05) is 24.3 Å². The van der Waals surface area contributed by atoms with E-state index < -0.39 is 29.3 Å². The van der Waals surface area contributed by atoms with E-state index in [1.165, 1.54) is 4.90 Å². The highest BCUT2D eigenvalue weighted by molar-refractivity contribution is 5.66. The summed E-state index contributed by atoms with van der Waals surface area (Å²) >= 11 is 0. The van der Waals surface area contributed by atoms with Crippen LogP contribution in [-0.4, -0.2) is 34.5 Å². The molecule has 10 heteroatoms. The molecule has 1 aromatic carbocycles. The number of nitrogens with one attached hydrogen (secondary N) is 1. The maximum absolute atomic E-state index is 13.4. The highest BCUT2D eigenvalue weighted by Gasteiger charge is 2.41. The maximum atomic E-state index is 13.4. The summed E-state index contributed by atoms with van der Waals surface area (Å²) in [5, 5.41) is 14.0. The number of alkyl halides is 3. The Morgan fingerprint density at radius 1 is 1.37 bits per heavy atom. The Kier molecular flexibility index (Phi) is 5.17. The van der Waals surface area contributed by atoms with Gasteiger partial charge in [0.05, 0.1) is 37.6 Å². The predicted octanol–water partition coefficient (Wildman–Crippen LogP) is 2.34. The van der Waals surface area contributed by atoms with Crippen molar-refractivity contribution in [3.63, 3.8) is 0 Å². The normalized spacial score (nSPS) is 16.4. The molecule has 1 aliphatic heterocycles. The number of aromatic nitrogens is 2. The number of H-pyrrole nitrogens is 1. The molecule has 3 rings (SSSR count). The fraction of sp³-hybridized carbons (Fsp3) is 0.353. The number of carbonyl (C=O) groups is 1. The average Bonchev–Trinajstić information content (AvgIpc) is 2.96. The lowest BCUT2D eigenvalue weighted by Gasteiger charge is -2.28. The van der Waals surface area contributed by atoms with Crippen molar-refractivity contribution in [1.82, 2.24) is 10.2 Å². The van der Waals surface area contributed by atoms with Crippen LogP contribution in [-0.2, 0) is 22.3 Å². The van der Waals surface area contributed by atoms with Crippen molar-refractivity contribution in [1.29, 1.82) is 0 Å². The minimum absolute atomic E-state index is 0.0195. The number of hydrogen-bond donors (Lipinski definition) is 2. The van der Waals surface area contributed by atoms with Crippen LogP contribution in [0.4, 0.5) is 18.9 Å². The summed E-state index contributed by atoms with van der Waals surface area (Å²) < 4.78 is 45.7. The standard InChI is InChI=1S/C17H16F3N3O4/c18-17(19,20)15-12(7-21-22-16(15)26)23-8-10-3-1-2-4-11(10)13(23)9-27-6-5-14(24)25/h1-4,7,13H,5-6,8-9H2,(H,22,26)(H,24,25). The number of anilines is 1. The number of aromatic amines is 1. The minimum atomic E-state index is -4.85. The second-order valence-electron chi connectivity index (χ2n) is 6.02. The van der Waals surface area contributed by atoms with Crippen LogP contribution in [0.5, 0.6) is 0 Å². The van der Waals surface area contributed by atoms with Gasteiger partial charge in [0.2, 0.25) is 0 Å². The molecule has 0 bridgehead atoms. The number of carboxylic acid groups (broad SMARTS) is 1. The largest absolute Gasteiger partial charge is 0.481 e. The lowest BCUT2D eigenvalue weighted by atomic mass is 10.1. The molecular formula is C17H16F3N3O4. The minimum Gasteiger partial charge on any atom is -0.481 e. The second-order valence-corrected chi connectivity index (χ2v) is 6.02. The highest BCUT2D eigenvalue weighted by Crippen LogP contribution is 2.41. The molecule has 2 N–H and O–H groups in total. The lowest BCUT2D eigenvalue weighted by Crippen LogP contribution is -2.32. The van der Waals surface area contributed by atoms with Crippen molar-refractivity contribution in [2.24, 2.45) is 0 Å². The third kappa shape index (κ3) is 3.95. The molecular weight excluding hydrogens is 367 g/mol. The molecule has 0 amide bonds. The summed E-state index contributed by atoms with van der Waals surface area (Å²) in [5.74, 6) is -1.03. The van der Waals surface area contributed by atoms with Crippen LogP contribution in [0, 0.1) is 0 Å². The van der Waals surface area contributed by atoms with Gasteiger partial charge in [-0.3, -0.25) is 9.59 Å². The van der Waals surface area contributed by atoms with E-state index in [2.05, 4.69) is 5.10 Å². The van der Waals surface area contributed by atoms with Crippen molar-refractivity contribution in [2.45, 2.75) is 25.2 Å². The van der Waals surface area contributed by atoms with E-state index in [4.69, 9.17) is 9.84 Å². The lowest BCUT2D eigenvalue weighted by molar-refractivity contribution is -0.139. The molecule has 0 aliphatic carbocycles. The van der Waals surface area contributed by atoms with Crippen molar-refractivity contribution >= 4 is 11.7 Å². The summed E-state index contributed by atoms with van der Waals surface area (Å²) in [6.07, 6.45) is -4.09. The van der Waals surface area contributed by atoms with E-state index in [1.54, 1.807) is 24.3 Å². The monoisotopic (exact) mass is 383 g/mol. The molecule has 144 valence electrons. The van der Waals surface area contributed by atoms with Crippen molar-refractivity contribution in [3.8, 4) is 0 Å². The fourth-order valence-corrected chi connectivity index (χ4v) is 3.13. The molecule has 0 radical (unpaired) electrons. The summed E-state index contributed by atoms with van der Waals surface area (Å²) in [4.78, 5) is 23.8. The molecule has 0 spiro atoms. The molecule has 0 saturated carbocycles. The van der Waals surface area contributed by atoms with Gasteiger partial charge in [0.25, 0.3) is 5.56 Å². The Bertz CT molecular complexity index is 897. The Morgan fingerprint density at radius 2 is 2.11 bits per heavy atom. The first kappa shape index (κ1) is 18.9. The molecule has 2 heterocycles. The van der Waals surface area contributed by atoms with Gasteiger partial charge in [-0.2, -0.15) is 18.3 Å². The number of fused-ring (bicyclic) bond motifs is 1. The van der Waals surface area contributed by atoms with Gasteiger partial charge in [-0.05, 0) is 11.1 Å². The number of ether oxygens (including phenoxy) is 1. The number of rotatable bonds is 6. The van der Waals surface area contributed by atoms with Crippen LogP contribution in [0.15, 0.2) is 35.3 Å². The van der Waals surface area contributed by atoms with E-state index in [0.29, 0.717) is 0 Å². The SMILES string of the molecule is O=C(O)CCOCC1c2ccccc2CN1c1cn[nH]c(=O)c1C(F)(F)F. The van der Waals surface area contributed by atoms with Crippen LogP contribution in [0.1, 0.15) is 29.2 Å². The Labute approximate surface area is 151 Å². The smallest absolute Gasteiger partial charge is 0.423 e. The zero-order chi connectivity index (χ0) is 19.6. The summed E-state index contributed by atoms with van der Waals surface area (Å²) in [6, 6.07) is 6.49. The zero-order valence-corrected chi connectivity index (χ0v) is 14.0. The molecule has 27 heavy (non-hydrogen) atoms. The summed E-state index contributed by atoms with van der Waals surface area (Å²) in [7, 11) is 0. The van der Waals surface area contributed by atoms with Crippen molar-refractivity contribution < 1.29 is 27.8 Å². The number of carboxylic acids is 1. The molecule has 1 aromatic heterocycles. The number of nitrogens with zero attached hydrogens (tertiary/aromatic N) is 2. The van der Waals surface area contributed by atoms with Crippen LogP contribution in [0.3, 0.4) is 0 Å². The number of halogens is 3. The van der Waals surface area contributed by atoms with E-state index in [9.17, 15) is 22.8 Å². The van der Waals surface area contributed by atoms with Crippen LogP contribution in [0.25, 0.3) is 0 Å². The first-order chi connectivity index (χ1) is 12.8. The maximum Gasteiger partial charge on any atom is 0.423 e. The first-order valence-electron chi connectivity index (χ1n) is 8.08. The van der Waals surface area contributed by atoms with Crippen molar-refractivity contribution in [2.75, 3.05) is 18.1 Å². The molecule has 0 saturated heterocycles. The van der Waals surface area contributed by atoms with E-state index in [-0.39, 0.29) is 31.9 Å². The molecule has 1 atom stereocenters. The predicted molar refractivity (Wildman–Crippen MR) is 88.3 cm³/mol. The topological polar surface area (TPSA) is 95.5 Å². The van der Waals surface area contributed by atoms with Gasteiger partial charge >= 0.3 is 12.1 Å². The Hall–Kier alpha value is -2.88. The van der Waals surface area contributed by atoms with Gasteiger partial charge in [-0.25, -0.2) is 5.10 Å². The third-order valence-corrected chi connectivity index (χ3v) is 4.30. The first-order valence-corrected chi connectivity index (χ1v) is 8.08. The molecule has 0 fully saturated rings. The van der Waals surface area contributed by atoms with Gasteiger partial charge in [-0.15, -0.1) is 0 Å². The third-order valence-electron chi connectivity index (χ3n) is 4.30. The molecule has 1 aliphatic rings. The van der Waals surface area contributed by atoms with Crippen LogP contribution < -0.4 is 10.5 Å². The zero-order valence-electron chi connectivity index (χ0n) is 14.0. The highest BCUT2D eigenvalue weighted by atomic mass is 19.4. The van der Waals surface area contributed by atoms with Crippen molar-refractivity contribution in [3.05, 3.63) is 57.5 Å². The Morgan fingerprint density at radius 3 is 2.81 bits per heavy atom. The number of aliphatic carboxylic acids is 1. The van der Waals surface area contributed by atoms with Gasteiger partial charge < -0.3 is 14.7 Å². The van der Waals surface area contributed by atoms with E-state index in [0.717, 1.165) is 17.3 Å². The molecule has 7 nitrogen and oxygen atoms in total. The number of hydrogen-bond acceptors (Lipinski definition) is 5. The molecule has 2 aromatic rings. The Balaban J connectivity index is 1.96. The molecule has 1 unspecified atom stereocenters.